The number of hydrogen-bond donors (Lipinski definition) is 1. The summed E-state index contributed by atoms with van der Waals surface area (Å²) < 4.78 is 6.27. The van der Waals surface area contributed by atoms with Crippen molar-refractivity contribution in [1.29, 1.82) is 0 Å². The van der Waals surface area contributed by atoms with Gasteiger partial charge >= 0.3 is 0 Å². The molecule has 4 bridgehead atoms. The van der Waals surface area contributed by atoms with Crippen molar-refractivity contribution in [2.75, 3.05) is 7.11 Å². The number of phenolic OH excluding ortho intramolecular Hbond substituents is 1. The van der Waals surface area contributed by atoms with E-state index in [-0.39, 0.29) is 5.60 Å². The first-order valence-electron chi connectivity index (χ1n) is 8.98. The molecule has 0 heterocycles. The normalized spacial score (nSPS) is 38.3. The van der Waals surface area contributed by atoms with Gasteiger partial charge in [-0.25, -0.2) is 0 Å². The zero-order valence-electron chi connectivity index (χ0n) is 13.7. The van der Waals surface area contributed by atoms with Gasteiger partial charge in [0.2, 0.25) is 0 Å². The van der Waals surface area contributed by atoms with E-state index in [4.69, 9.17) is 4.74 Å². The zero-order valence-corrected chi connectivity index (χ0v) is 13.7. The first-order chi connectivity index (χ1) is 11.2. The molecule has 0 saturated heterocycles. The van der Waals surface area contributed by atoms with Crippen molar-refractivity contribution >= 4 is 10.8 Å². The van der Waals surface area contributed by atoms with Crippen LogP contribution in [0.2, 0.25) is 0 Å². The molecule has 0 radical (unpaired) electrons. The lowest BCUT2D eigenvalue weighted by Crippen LogP contribution is -2.56. The second-order valence-electron chi connectivity index (χ2n) is 8.02. The fourth-order valence-electron chi connectivity index (χ4n) is 6.31. The van der Waals surface area contributed by atoms with Crippen molar-refractivity contribution in [3.8, 4) is 5.75 Å². The fourth-order valence-corrected chi connectivity index (χ4v) is 6.31. The number of aromatic hydroxyl groups is 1. The number of ether oxygens (including phenoxy) is 1. The van der Waals surface area contributed by atoms with Gasteiger partial charge in [-0.1, -0.05) is 24.3 Å². The van der Waals surface area contributed by atoms with E-state index in [1.165, 1.54) is 37.5 Å². The van der Waals surface area contributed by atoms with Crippen molar-refractivity contribution < 1.29 is 9.84 Å². The number of hydrogen-bond acceptors (Lipinski definition) is 2. The molecule has 0 aliphatic heterocycles. The predicted octanol–water partition coefficient (Wildman–Crippen LogP) is 4.84. The van der Waals surface area contributed by atoms with Crippen LogP contribution < -0.4 is 0 Å². The molecule has 4 fully saturated rings. The summed E-state index contributed by atoms with van der Waals surface area (Å²) in [7, 11) is 1.86. The Kier molecular flexibility index (Phi) is 2.85. The summed E-state index contributed by atoms with van der Waals surface area (Å²) in [4.78, 5) is 0. The molecule has 0 atom stereocenters. The van der Waals surface area contributed by atoms with Crippen LogP contribution in [0, 0.1) is 23.7 Å². The van der Waals surface area contributed by atoms with Gasteiger partial charge in [0.1, 0.15) is 11.4 Å². The summed E-state index contributed by atoms with van der Waals surface area (Å²) in [5, 5.41) is 13.1. The Morgan fingerprint density at radius 2 is 1.48 bits per heavy atom. The molecule has 4 aliphatic rings. The van der Waals surface area contributed by atoms with Crippen molar-refractivity contribution in [2.45, 2.75) is 37.7 Å². The smallest absolute Gasteiger partial charge is 0.122 e. The largest absolute Gasteiger partial charge is 0.508 e. The summed E-state index contributed by atoms with van der Waals surface area (Å²) in [6.45, 7) is 0. The summed E-state index contributed by atoms with van der Waals surface area (Å²) in [5.74, 6) is 3.33. The van der Waals surface area contributed by atoms with Gasteiger partial charge in [-0.3, -0.25) is 0 Å². The SMILES string of the molecule is COC1(c2cc3ccccc3cc2O)C2CC3CC(C2)CC1C3. The first kappa shape index (κ1) is 13.9. The lowest BCUT2D eigenvalue weighted by Gasteiger charge is -2.60. The highest BCUT2D eigenvalue weighted by Crippen LogP contribution is 2.64. The van der Waals surface area contributed by atoms with Gasteiger partial charge in [0.05, 0.1) is 0 Å². The van der Waals surface area contributed by atoms with Crippen LogP contribution in [0.3, 0.4) is 0 Å². The fraction of sp³-hybridized carbons (Fsp3) is 0.524. The molecule has 2 nitrogen and oxygen atoms in total. The average Bonchev–Trinajstić information content (AvgIpc) is 2.55. The number of benzene rings is 2. The second kappa shape index (κ2) is 4.73. The van der Waals surface area contributed by atoms with E-state index in [1.54, 1.807) is 0 Å². The monoisotopic (exact) mass is 308 g/mol. The van der Waals surface area contributed by atoms with Gasteiger partial charge in [0.15, 0.2) is 0 Å². The van der Waals surface area contributed by atoms with Crippen molar-refractivity contribution in [2.24, 2.45) is 23.7 Å². The molecule has 0 unspecified atom stereocenters. The first-order valence-corrected chi connectivity index (χ1v) is 8.98. The summed E-state index contributed by atoms with van der Waals surface area (Å²) in [6.07, 6.45) is 6.51. The van der Waals surface area contributed by atoms with Gasteiger partial charge < -0.3 is 9.84 Å². The molecule has 1 N–H and O–H groups in total. The Hall–Kier alpha value is -1.54. The van der Waals surface area contributed by atoms with Crippen molar-refractivity contribution in [1.82, 2.24) is 0 Å². The molecule has 2 aromatic rings. The van der Waals surface area contributed by atoms with E-state index >= 15 is 0 Å². The van der Waals surface area contributed by atoms with E-state index < -0.39 is 0 Å². The molecule has 0 amide bonds. The third-order valence-electron chi connectivity index (χ3n) is 6.97. The molecule has 0 aromatic heterocycles. The molecular formula is C21H24O2. The van der Waals surface area contributed by atoms with Crippen LogP contribution >= 0.6 is 0 Å². The van der Waals surface area contributed by atoms with E-state index in [2.05, 4.69) is 24.3 Å². The molecule has 2 aromatic carbocycles. The van der Waals surface area contributed by atoms with Gasteiger partial charge in [0, 0.05) is 12.7 Å². The van der Waals surface area contributed by atoms with E-state index in [0.717, 1.165) is 22.8 Å². The Labute approximate surface area is 137 Å². The highest BCUT2D eigenvalue weighted by atomic mass is 16.5. The number of fused-ring (bicyclic) bond motifs is 1. The highest BCUT2D eigenvalue weighted by molar-refractivity contribution is 5.85. The van der Waals surface area contributed by atoms with Crippen LogP contribution in [0.5, 0.6) is 5.75 Å². The van der Waals surface area contributed by atoms with Crippen LogP contribution in [0.4, 0.5) is 0 Å². The molecule has 2 heteroatoms. The van der Waals surface area contributed by atoms with E-state index in [9.17, 15) is 5.11 Å². The summed E-state index contributed by atoms with van der Waals surface area (Å²) in [5.41, 5.74) is 0.758. The lowest BCUT2D eigenvalue weighted by molar-refractivity contribution is -0.198. The minimum atomic E-state index is -0.276. The Bertz CT molecular complexity index is 736. The van der Waals surface area contributed by atoms with Crippen molar-refractivity contribution in [3.63, 3.8) is 0 Å². The maximum atomic E-state index is 10.8. The quantitative estimate of drug-likeness (QED) is 0.860. The van der Waals surface area contributed by atoms with Gasteiger partial charge in [-0.05, 0) is 78.7 Å². The lowest BCUT2D eigenvalue weighted by atomic mass is 9.48. The van der Waals surface area contributed by atoms with E-state index in [0.29, 0.717) is 17.6 Å². The molecule has 120 valence electrons. The van der Waals surface area contributed by atoms with Gasteiger partial charge in [-0.15, -0.1) is 0 Å². The standard InChI is InChI=1S/C21H24O2/c1-23-21(17-7-13-6-14(9-17)10-18(21)8-13)19-11-15-4-2-3-5-16(15)12-20(19)22/h2-5,11-14,17-18,22H,6-10H2,1H3. The van der Waals surface area contributed by atoms with E-state index in [1.807, 2.05) is 19.2 Å². The minimum absolute atomic E-state index is 0.276. The Morgan fingerprint density at radius 1 is 0.913 bits per heavy atom. The maximum absolute atomic E-state index is 10.8. The second-order valence-corrected chi connectivity index (χ2v) is 8.02. The van der Waals surface area contributed by atoms with Crippen LogP contribution in [0.1, 0.15) is 37.7 Å². The molecule has 23 heavy (non-hydrogen) atoms. The van der Waals surface area contributed by atoms with Crippen LogP contribution in [0.25, 0.3) is 10.8 Å². The van der Waals surface area contributed by atoms with Gasteiger partial charge in [-0.2, -0.15) is 0 Å². The number of phenols is 1. The Balaban J connectivity index is 1.71. The summed E-state index contributed by atoms with van der Waals surface area (Å²) in [6, 6.07) is 12.4. The predicted molar refractivity (Wildman–Crippen MR) is 91.3 cm³/mol. The topological polar surface area (TPSA) is 29.5 Å². The third kappa shape index (κ3) is 1.79. The molecule has 4 saturated carbocycles. The van der Waals surface area contributed by atoms with Crippen LogP contribution in [0.15, 0.2) is 36.4 Å². The van der Waals surface area contributed by atoms with Crippen molar-refractivity contribution in [3.05, 3.63) is 42.0 Å². The minimum Gasteiger partial charge on any atom is -0.508 e. The third-order valence-corrected chi connectivity index (χ3v) is 6.97. The maximum Gasteiger partial charge on any atom is 0.122 e. The molecule has 0 spiro atoms. The molecule has 6 rings (SSSR count). The molecule has 4 aliphatic carbocycles. The molecular weight excluding hydrogens is 284 g/mol. The average molecular weight is 308 g/mol. The number of rotatable bonds is 2. The zero-order chi connectivity index (χ0) is 15.6. The van der Waals surface area contributed by atoms with Crippen LogP contribution in [-0.2, 0) is 10.3 Å². The summed E-state index contributed by atoms with van der Waals surface area (Å²) >= 11 is 0. The Morgan fingerprint density at radius 3 is 2.04 bits per heavy atom. The van der Waals surface area contributed by atoms with Crippen LogP contribution in [-0.4, -0.2) is 12.2 Å². The number of methoxy groups -OCH3 is 1. The van der Waals surface area contributed by atoms with Gasteiger partial charge in [0.25, 0.3) is 0 Å². The highest BCUT2D eigenvalue weighted by Gasteiger charge is 2.59.